The quantitative estimate of drug-likeness (QED) is 0.641. The van der Waals surface area contributed by atoms with Crippen LogP contribution in [0, 0.1) is 0 Å². The largest absolute Gasteiger partial charge is 0.489 e. The second kappa shape index (κ2) is 5.60. The van der Waals surface area contributed by atoms with Crippen molar-refractivity contribution >= 4 is 14.3 Å². The summed E-state index contributed by atoms with van der Waals surface area (Å²) < 4.78 is 14.1. The second-order valence-electron chi connectivity index (χ2n) is 2.53. The van der Waals surface area contributed by atoms with Crippen molar-refractivity contribution in [2.45, 2.75) is 0 Å². The summed E-state index contributed by atoms with van der Waals surface area (Å²) in [7, 11) is -3.13. The molecule has 0 unspecified atom stereocenters. The minimum atomic E-state index is -3.13. The maximum atomic E-state index is 8.74. The van der Waals surface area contributed by atoms with Gasteiger partial charge in [0.1, 0.15) is 12.4 Å². The van der Waals surface area contributed by atoms with Crippen LogP contribution in [0.5, 0.6) is 5.75 Å². The smallest absolute Gasteiger partial charge is 0.314 e. The molecule has 0 atom stereocenters. The number of hydrogen-bond acceptors (Lipinski definition) is 2. The van der Waals surface area contributed by atoms with Crippen LogP contribution in [0.25, 0.3) is 6.08 Å². The molecule has 1 aliphatic rings. The third kappa shape index (κ3) is 3.75. The van der Waals surface area contributed by atoms with Gasteiger partial charge >= 0.3 is 8.25 Å². The van der Waals surface area contributed by atoms with Gasteiger partial charge in [0.2, 0.25) is 0 Å². The van der Waals surface area contributed by atoms with Gasteiger partial charge in [0.05, 0.1) is 0 Å². The number of rotatable bonds is 0. The molecule has 2 N–H and O–H groups in total. The molecule has 0 aliphatic carbocycles. The summed E-state index contributed by atoms with van der Waals surface area (Å²) in [4.78, 5) is 14.3. The number of hydrogen-bond donors (Lipinski definition) is 2. The Morgan fingerprint density at radius 1 is 1.29 bits per heavy atom. The SMILES string of the molecule is C1=Cc2ccccc2OC1.O=[PH](O)O. The summed E-state index contributed by atoms with van der Waals surface area (Å²) in [5.74, 6) is 0.991. The summed E-state index contributed by atoms with van der Waals surface area (Å²) >= 11 is 0. The Hall–Kier alpha value is -1.09. The highest BCUT2D eigenvalue weighted by molar-refractivity contribution is 7.30. The van der Waals surface area contributed by atoms with Crippen LogP contribution in [-0.4, -0.2) is 16.4 Å². The Balaban J connectivity index is 0.000000213. The van der Waals surface area contributed by atoms with Gasteiger partial charge in [0.25, 0.3) is 0 Å². The molecule has 4 nitrogen and oxygen atoms in total. The van der Waals surface area contributed by atoms with Crippen molar-refractivity contribution in [1.82, 2.24) is 0 Å². The van der Waals surface area contributed by atoms with E-state index >= 15 is 0 Å². The molecule has 1 heterocycles. The van der Waals surface area contributed by atoms with E-state index in [0.29, 0.717) is 6.61 Å². The highest BCUT2D eigenvalue weighted by atomic mass is 31.1. The summed E-state index contributed by atoms with van der Waals surface area (Å²) in [6.07, 6.45) is 4.10. The first-order valence-electron chi connectivity index (χ1n) is 4.00. The zero-order valence-electron chi connectivity index (χ0n) is 7.38. The van der Waals surface area contributed by atoms with Crippen molar-refractivity contribution in [2.75, 3.05) is 6.61 Å². The van der Waals surface area contributed by atoms with Crippen molar-refractivity contribution in [1.29, 1.82) is 0 Å². The Labute approximate surface area is 82.4 Å². The molecule has 0 radical (unpaired) electrons. The van der Waals surface area contributed by atoms with Gasteiger partial charge in [0, 0.05) is 5.56 Å². The first-order valence-corrected chi connectivity index (χ1v) is 5.30. The summed E-state index contributed by atoms with van der Waals surface area (Å²) in [6.45, 7) is 0.705. The lowest BCUT2D eigenvalue weighted by Gasteiger charge is -2.10. The van der Waals surface area contributed by atoms with Crippen LogP contribution in [0.1, 0.15) is 5.56 Å². The van der Waals surface area contributed by atoms with E-state index < -0.39 is 8.25 Å². The van der Waals surface area contributed by atoms with E-state index in [1.807, 2.05) is 30.3 Å². The molecule has 0 saturated heterocycles. The van der Waals surface area contributed by atoms with E-state index in [9.17, 15) is 0 Å². The molecular formula is C9H11O4P. The van der Waals surface area contributed by atoms with Gasteiger partial charge in [-0.25, -0.2) is 0 Å². The Morgan fingerprint density at radius 2 is 1.93 bits per heavy atom. The van der Waals surface area contributed by atoms with E-state index in [1.54, 1.807) is 0 Å². The average molecular weight is 214 g/mol. The van der Waals surface area contributed by atoms with Crippen LogP contribution in [0.2, 0.25) is 0 Å². The Kier molecular flexibility index (Phi) is 4.40. The number of ether oxygens (including phenoxy) is 1. The first-order chi connectivity index (χ1) is 6.70. The molecular weight excluding hydrogens is 203 g/mol. The van der Waals surface area contributed by atoms with E-state index in [1.165, 1.54) is 5.56 Å². The van der Waals surface area contributed by atoms with E-state index in [2.05, 4.69) is 6.08 Å². The molecule has 0 aromatic heterocycles. The van der Waals surface area contributed by atoms with Gasteiger partial charge in [-0.2, -0.15) is 0 Å². The predicted molar refractivity (Wildman–Crippen MR) is 54.4 cm³/mol. The molecule has 14 heavy (non-hydrogen) atoms. The molecule has 1 aromatic rings. The summed E-state index contributed by atoms with van der Waals surface area (Å²) in [6, 6.07) is 8.03. The highest BCUT2D eigenvalue weighted by Gasteiger charge is 2.01. The Morgan fingerprint density at radius 3 is 2.57 bits per heavy atom. The summed E-state index contributed by atoms with van der Waals surface area (Å²) in [5, 5.41) is 0. The molecule has 0 bridgehead atoms. The molecule has 76 valence electrons. The third-order valence-corrected chi connectivity index (χ3v) is 1.55. The van der Waals surface area contributed by atoms with E-state index in [-0.39, 0.29) is 0 Å². The van der Waals surface area contributed by atoms with Gasteiger partial charge in [-0.1, -0.05) is 24.3 Å². The van der Waals surface area contributed by atoms with Gasteiger partial charge in [-0.05, 0) is 12.1 Å². The van der Waals surface area contributed by atoms with Crippen molar-refractivity contribution in [3.8, 4) is 5.75 Å². The topological polar surface area (TPSA) is 66.8 Å². The predicted octanol–water partition coefficient (Wildman–Crippen LogP) is 1.45. The molecule has 0 saturated carbocycles. The summed E-state index contributed by atoms with van der Waals surface area (Å²) in [5.41, 5.74) is 1.17. The maximum Gasteiger partial charge on any atom is 0.314 e. The van der Waals surface area contributed by atoms with Crippen LogP contribution < -0.4 is 4.74 Å². The zero-order chi connectivity index (χ0) is 10.4. The lowest BCUT2D eigenvalue weighted by atomic mass is 10.1. The number of benzene rings is 1. The molecule has 1 aromatic carbocycles. The van der Waals surface area contributed by atoms with Crippen LogP contribution in [-0.2, 0) is 4.57 Å². The second-order valence-corrected chi connectivity index (χ2v) is 3.10. The van der Waals surface area contributed by atoms with Gasteiger partial charge in [-0.3, -0.25) is 4.57 Å². The van der Waals surface area contributed by atoms with E-state index in [4.69, 9.17) is 19.1 Å². The monoisotopic (exact) mass is 214 g/mol. The van der Waals surface area contributed by atoms with Crippen LogP contribution >= 0.6 is 8.25 Å². The molecule has 2 rings (SSSR count). The molecule has 0 spiro atoms. The fourth-order valence-corrected chi connectivity index (χ4v) is 1.06. The van der Waals surface area contributed by atoms with Crippen LogP contribution in [0.15, 0.2) is 30.3 Å². The first kappa shape index (κ1) is 11.0. The fraction of sp³-hybridized carbons (Fsp3) is 0.111. The van der Waals surface area contributed by atoms with Gasteiger partial charge in [-0.15, -0.1) is 0 Å². The molecule has 0 fully saturated rings. The maximum absolute atomic E-state index is 8.74. The molecule has 5 heteroatoms. The van der Waals surface area contributed by atoms with Crippen molar-refractivity contribution in [3.63, 3.8) is 0 Å². The fourth-order valence-electron chi connectivity index (χ4n) is 1.06. The highest BCUT2D eigenvalue weighted by Crippen LogP contribution is 2.21. The van der Waals surface area contributed by atoms with Crippen molar-refractivity contribution < 1.29 is 19.1 Å². The van der Waals surface area contributed by atoms with Crippen molar-refractivity contribution in [2.24, 2.45) is 0 Å². The third-order valence-electron chi connectivity index (χ3n) is 1.55. The molecule has 1 aliphatic heterocycles. The average Bonchev–Trinajstić information content (AvgIpc) is 2.17. The Bertz CT molecular complexity index is 344. The van der Waals surface area contributed by atoms with E-state index in [0.717, 1.165) is 5.75 Å². The zero-order valence-corrected chi connectivity index (χ0v) is 8.38. The minimum Gasteiger partial charge on any atom is -0.489 e. The van der Waals surface area contributed by atoms with Gasteiger partial charge < -0.3 is 14.5 Å². The lowest BCUT2D eigenvalue weighted by molar-refractivity contribution is 0.358. The minimum absolute atomic E-state index is 0.705. The normalized spacial score (nSPS) is 12.5. The van der Waals surface area contributed by atoms with Gasteiger partial charge in [0.15, 0.2) is 0 Å². The van der Waals surface area contributed by atoms with Crippen molar-refractivity contribution in [3.05, 3.63) is 35.9 Å². The van der Waals surface area contributed by atoms with Crippen LogP contribution in [0.3, 0.4) is 0 Å². The van der Waals surface area contributed by atoms with Crippen LogP contribution in [0.4, 0.5) is 0 Å². The number of para-hydroxylation sites is 1. The number of fused-ring (bicyclic) bond motifs is 1. The lowest BCUT2D eigenvalue weighted by Crippen LogP contribution is -1.98. The standard InChI is InChI=1S/C9H8O.H3O3P/c1-2-6-9-8(4-1)5-3-7-10-9;1-4(2)3/h1-6H,7H2;4H,(H2,1,2,3). The molecule has 0 amide bonds.